The molecule has 0 spiro atoms. The van der Waals surface area contributed by atoms with Crippen molar-refractivity contribution >= 4 is 39.1 Å². The standard InChI is InChI=1S/C25H33ClFN3O4S/c1-6-17(3)28-25(32)22(7-2)29(15-19-11-13-20(27)14-12-19)24(31)16-30(35(5,33)34)23-10-8-9-21(26)18(23)4/h8-14,17,22H,6-7,15-16H2,1-5H3,(H,28,32). The molecule has 0 aliphatic carbocycles. The number of rotatable bonds is 11. The number of hydrogen-bond acceptors (Lipinski definition) is 4. The number of nitrogens with one attached hydrogen (secondary N) is 1. The Bertz CT molecular complexity index is 1140. The maximum atomic E-state index is 13.6. The van der Waals surface area contributed by atoms with E-state index in [0.717, 1.165) is 10.6 Å². The lowest BCUT2D eigenvalue weighted by Crippen LogP contribution is -2.53. The Balaban J connectivity index is 2.47. The van der Waals surface area contributed by atoms with E-state index in [2.05, 4.69) is 5.32 Å². The van der Waals surface area contributed by atoms with Gasteiger partial charge in [-0.1, -0.05) is 43.6 Å². The van der Waals surface area contributed by atoms with Gasteiger partial charge in [0.1, 0.15) is 18.4 Å². The lowest BCUT2D eigenvalue weighted by molar-refractivity contribution is -0.140. The second-order valence-electron chi connectivity index (χ2n) is 8.54. The number of amides is 2. The van der Waals surface area contributed by atoms with Crippen LogP contribution in [0.5, 0.6) is 0 Å². The lowest BCUT2D eigenvalue weighted by atomic mass is 10.1. The van der Waals surface area contributed by atoms with Crippen LogP contribution < -0.4 is 9.62 Å². The van der Waals surface area contributed by atoms with Gasteiger partial charge in [0, 0.05) is 17.6 Å². The van der Waals surface area contributed by atoms with Crippen LogP contribution >= 0.6 is 11.6 Å². The second-order valence-corrected chi connectivity index (χ2v) is 10.9. The van der Waals surface area contributed by atoms with E-state index in [1.807, 2.05) is 13.8 Å². The molecule has 0 saturated carbocycles. The highest BCUT2D eigenvalue weighted by Gasteiger charge is 2.32. The molecule has 10 heteroatoms. The molecule has 2 rings (SSSR count). The van der Waals surface area contributed by atoms with Crippen molar-refractivity contribution in [3.8, 4) is 0 Å². The van der Waals surface area contributed by atoms with Gasteiger partial charge < -0.3 is 10.2 Å². The zero-order valence-corrected chi connectivity index (χ0v) is 22.3. The van der Waals surface area contributed by atoms with Gasteiger partial charge in [-0.05, 0) is 62.1 Å². The van der Waals surface area contributed by atoms with E-state index in [0.29, 0.717) is 29.0 Å². The fourth-order valence-corrected chi connectivity index (χ4v) is 4.68. The van der Waals surface area contributed by atoms with E-state index in [1.165, 1.54) is 29.2 Å². The normalized spacial score (nSPS) is 13.1. The first-order chi connectivity index (χ1) is 16.4. The monoisotopic (exact) mass is 525 g/mol. The van der Waals surface area contributed by atoms with Gasteiger partial charge in [-0.3, -0.25) is 13.9 Å². The summed E-state index contributed by atoms with van der Waals surface area (Å²) in [6, 6.07) is 9.49. The van der Waals surface area contributed by atoms with Crippen LogP contribution in [0.4, 0.5) is 10.1 Å². The lowest BCUT2D eigenvalue weighted by Gasteiger charge is -2.33. The minimum Gasteiger partial charge on any atom is -0.352 e. The van der Waals surface area contributed by atoms with Crippen molar-refractivity contribution in [2.45, 2.75) is 59.2 Å². The third-order valence-corrected chi connectivity index (χ3v) is 7.38. The van der Waals surface area contributed by atoms with Gasteiger partial charge in [-0.25, -0.2) is 12.8 Å². The minimum atomic E-state index is -3.86. The van der Waals surface area contributed by atoms with Crippen molar-refractivity contribution in [3.63, 3.8) is 0 Å². The zero-order chi connectivity index (χ0) is 26.3. The van der Waals surface area contributed by atoms with Crippen molar-refractivity contribution in [2.75, 3.05) is 17.1 Å². The molecule has 0 aliphatic rings. The zero-order valence-electron chi connectivity index (χ0n) is 20.7. The average molecular weight is 526 g/mol. The van der Waals surface area contributed by atoms with E-state index < -0.39 is 34.3 Å². The SMILES string of the molecule is CCC(C)NC(=O)C(CC)N(Cc1ccc(F)cc1)C(=O)CN(c1cccc(Cl)c1C)S(C)(=O)=O. The van der Waals surface area contributed by atoms with Gasteiger partial charge in [-0.2, -0.15) is 0 Å². The number of hydrogen-bond donors (Lipinski definition) is 1. The van der Waals surface area contributed by atoms with Gasteiger partial charge in [0.2, 0.25) is 21.8 Å². The highest BCUT2D eigenvalue weighted by molar-refractivity contribution is 7.92. The topological polar surface area (TPSA) is 86.8 Å². The van der Waals surface area contributed by atoms with Crippen molar-refractivity contribution in [3.05, 3.63) is 64.4 Å². The Morgan fingerprint density at radius 2 is 1.71 bits per heavy atom. The first-order valence-electron chi connectivity index (χ1n) is 11.5. The Morgan fingerprint density at radius 1 is 1.09 bits per heavy atom. The summed E-state index contributed by atoms with van der Waals surface area (Å²) in [7, 11) is -3.86. The highest BCUT2D eigenvalue weighted by atomic mass is 35.5. The molecule has 0 aromatic heterocycles. The van der Waals surface area contributed by atoms with Crippen molar-refractivity contribution < 1.29 is 22.4 Å². The van der Waals surface area contributed by atoms with Crippen molar-refractivity contribution in [1.82, 2.24) is 10.2 Å². The number of carbonyl (C=O) groups is 2. The van der Waals surface area contributed by atoms with Crippen LogP contribution in [0.2, 0.25) is 5.02 Å². The van der Waals surface area contributed by atoms with E-state index in [4.69, 9.17) is 11.6 Å². The van der Waals surface area contributed by atoms with Crippen LogP contribution in [0, 0.1) is 12.7 Å². The molecule has 35 heavy (non-hydrogen) atoms. The molecule has 2 unspecified atom stereocenters. The number of anilines is 1. The van der Waals surface area contributed by atoms with E-state index in [-0.39, 0.29) is 24.2 Å². The van der Waals surface area contributed by atoms with Gasteiger partial charge in [-0.15, -0.1) is 0 Å². The Labute approximate surface area is 212 Å². The summed E-state index contributed by atoms with van der Waals surface area (Å²) in [5, 5.41) is 3.27. The third-order valence-electron chi connectivity index (χ3n) is 5.84. The van der Waals surface area contributed by atoms with E-state index in [1.54, 1.807) is 32.0 Å². The molecule has 1 N–H and O–H groups in total. The fraction of sp³-hybridized carbons (Fsp3) is 0.440. The molecule has 2 aromatic rings. The Morgan fingerprint density at radius 3 is 2.26 bits per heavy atom. The van der Waals surface area contributed by atoms with Crippen LogP contribution in [0.3, 0.4) is 0 Å². The van der Waals surface area contributed by atoms with E-state index in [9.17, 15) is 22.4 Å². The van der Waals surface area contributed by atoms with Crippen molar-refractivity contribution in [1.29, 1.82) is 0 Å². The van der Waals surface area contributed by atoms with Gasteiger partial charge in [0.05, 0.1) is 11.9 Å². The molecule has 0 bridgehead atoms. The largest absolute Gasteiger partial charge is 0.352 e. The van der Waals surface area contributed by atoms with Gasteiger partial charge >= 0.3 is 0 Å². The summed E-state index contributed by atoms with van der Waals surface area (Å²) < 4.78 is 39.8. The number of carbonyl (C=O) groups excluding carboxylic acids is 2. The first kappa shape index (κ1) is 28.6. The molecule has 0 fully saturated rings. The Hall–Kier alpha value is -2.65. The van der Waals surface area contributed by atoms with Gasteiger partial charge in [0.15, 0.2) is 0 Å². The third kappa shape index (κ3) is 7.67. The van der Waals surface area contributed by atoms with Crippen LogP contribution in [-0.4, -0.2) is 50.0 Å². The quantitative estimate of drug-likeness (QED) is 0.474. The summed E-state index contributed by atoms with van der Waals surface area (Å²) in [6.45, 7) is 6.74. The molecule has 192 valence electrons. The van der Waals surface area contributed by atoms with Crippen LogP contribution in [0.15, 0.2) is 42.5 Å². The second kappa shape index (κ2) is 12.4. The van der Waals surface area contributed by atoms with E-state index >= 15 is 0 Å². The molecule has 2 aromatic carbocycles. The molecular formula is C25H33ClFN3O4S. The molecule has 0 aliphatic heterocycles. The minimum absolute atomic E-state index is 0.0116. The molecular weight excluding hydrogens is 493 g/mol. The summed E-state index contributed by atoms with van der Waals surface area (Å²) in [6.07, 6.45) is 2.03. The summed E-state index contributed by atoms with van der Waals surface area (Å²) in [5.74, 6) is -1.32. The van der Waals surface area contributed by atoms with Crippen LogP contribution in [0.1, 0.15) is 44.7 Å². The molecule has 0 saturated heterocycles. The maximum Gasteiger partial charge on any atom is 0.244 e. The number of benzene rings is 2. The molecule has 0 heterocycles. The van der Waals surface area contributed by atoms with Crippen molar-refractivity contribution in [2.24, 2.45) is 0 Å². The van der Waals surface area contributed by atoms with Crippen LogP contribution in [0.25, 0.3) is 0 Å². The maximum absolute atomic E-state index is 13.6. The predicted octanol–water partition coefficient (Wildman–Crippen LogP) is 4.28. The molecule has 2 atom stereocenters. The molecule has 0 radical (unpaired) electrons. The first-order valence-corrected chi connectivity index (χ1v) is 13.7. The van der Waals surface area contributed by atoms with Crippen LogP contribution in [-0.2, 0) is 26.2 Å². The average Bonchev–Trinajstić information content (AvgIpc) is 2.79. The summed E-state index contributed by atoms with van der Waals surface area (Å²) in [4.78, 5) is 28.1. The van der Waals surface area contributed by atoms with Gasteiger partial charge in [0.25, 0.3) is 0 Å². The molecule has 2 amide bonds. The molecule has 7 nitrogen and oxygen atoms in total. The highest BCUT2D eigenvalue weighted by Crippen LogP contribution is 2.28. The number of sulfonamides is 1. The summed E-state index contributed by atoms with van der Waals surface area (Å²) in [5.41, 5.74) is 1.41. The number of nitrogens with zero attached hydrogens (tertiary/aromatic N) is 2. The predicted molar refractivity (Wildman–Crippen MR) is 137 cm³/mol. The Kier molecular flexibility index (Phi) is 10.1. The smallest absolute Gasteiger partial charge is 0.244 e. The summed E-state index contributed by atoms with van der Waals surface area (Å²) >= 11 is 6.20. The fourth-order valence-electron chi connectivity index (χ4n) is 3.61. The number of halogens is 2.